The molecule has 0 bridgehead atoms. The average molecular weight is 377 g/mol. The van der Waals surface area contributed by atoms with Crippen LogP contribution in [0.4, 0.5) is 0 Å². The van der Waals surface area contributed by atoms with Crippen LogP contribution in [0, 0.1) is 0 Å². The molecule has 3 aromatic rings. The predicted octanol–water partition coefficient (Wildman–Crippen LogP) is 5.42. The van der Waals surface area contributed by atoms with Crippen molar-refractivity contribution < 1.29 is 9.15 Å². The fourth-order valence-corrected chi connectivity index (χ4v) is 4.02. The van der Waals surface area contributed by atoms with E-state index in [9.17, 15) is 0 Å². The van der Waals surface area contributed by atoms with Crippen LogP contribution in [0.5, 0.6) is 5.75 Å². The van der Waals surface area contributed by atoms with Crippen LogP contribution in [0.1, 0.15) is 56.1 Å². The molecule has 0 N–H and O–H groups in total. The largest absolute Gasteiger partial charge is 0.497 e. The van der Waals surface area contributed by atoms with E-state index in [0.29, 0.717) is 17.8 Å². The van der Waals surface area contributed by atoms with Crippen molar-refractivity contribution in [3.63, 3.8) is 0 Å². The first-order valence-electron chi connectivity index (χ1n) is 10.0. The molecule has 2 heterocycles. The molecular formula is C23H27N3O2. The van der Waals surface area contributed by atoms with E-state index in [2.05, 4.69) is 34.2 Å². The Morgan fingerprint density at radius 3 is 2.54 bits per heavy atom. The van der Waals surface area contributed by atoms with Crippen LogP contribution in [-0.4, -0.2) is 28.8 Å². The van der Waals surface area contributed by atoms with Crippen molar-refractivity contribution in [2.24, 2.45) is 0 Å². The molecule has 0 radical (unpaired) electrons. The zero-order valence-corrected chi connectivity index (χ0v) is 16.5. The molecule has 2 atom stereocenters. The zero-order chi connectivity index (χ0) is 19.3. The van der Waals surface area contributed by atoms with Gasteiger partial charge in [-0.05, 0) is 56.1 Å². The third-order valence-electron chi connectivity index (χ3n) is 5.61. The van der Waals surface area contributed by atoms with Crippen molar-refractivity contribution in [3.05, 3.63) is 66.1 Å². The molecule has 2 aromatic carbocycles. The first-order valence-corrected chi connectivity index (χ1v) is 10.0. The molecule has 5 nitrogen and oxygen atoms in total. The van der Waals surface area contributed by atoms with Crippen molar-refractivity contribution >= 4 is 0 Å². The number of nitrogens with zero attached hydrogens (tertiary/aromatic N) is 3. The van der Waals surface area contributed by atoms with E-state index in [-0.39, 0.29) is 6.04 Å². The summed E-state index contributed by atoms with van der Waals surface area (Å²) >= 11 is 0. The third-order valence-corrected chi connectivity index (χ3v) is 5.61. The number of methoxy groups -OCH3 is 1. The van der Waals surface area contributed by atoms with Gasteiger partial charge < -0.3 is 9.15 Å². The Balaban J connectivity index is 1.59. The van der Waals surface area contributed by atoms with Gasteiger partial charge >= 0.3 is 0 Å². The molecule has 0 amide bonds. The van der Waals surface area contributed by atoms with Gasteiger partial charge in [-0.2, -0.15) is 0 Å². The van der Waals surface area contributed by atoms with Crippen LogP contribution in [0.25, 0.3) is 11.5 Å². The highest BCUT2D eigenvalue weighted by Gasteiger charge is 2.30. The van der Waals surface area contributed by atoms with Crippen molar-refractivity contribution in [1.29, 1.82) is 0 Å². The molecule has 5 heteroatoms. The monoisotopic (exact) mass is 377 g/mol. The maximum atomic E-state index is 6.06. The predicted molar refractivity (Wildman–Crippen MR) is 109 cm³/mol. The van der Waals surface area contributed by atoms with Gasteiger partial charge in [-0.1, -0.05) is 43.2 Å². The van der Waals surface area contributed by atoms with Gasteiger partial charge in [-0.15, -0.1) is 10.2 Å². The van der Waals surface area contributed by atoms with E-state index in [1.165, 1.54) is 24.8 Å². The summed E-state index contributed by atoms with van der Waals surface area (Å²) in [4.78, 5) is 2.51. The topological polar surface area (TPSA) is 51.4 Å². The smallest absolute Gasteiger partial charge is 0.247 e. The summed E-state index contributed by atoms with van der Waals surface area (Å²) in [5, 5.41) is 8.66. The molecular weight excluding hydrogens is 350 g/mol. The van der Waals surface area contributed by atoms with Crippen LogP contribution < -0.4 is 4.74 Å². The normalized spacial score (nSPS) is 19.1. The van der Waals surface area contributed by atoms with E-state index < -0.39 is 0 Å². The summed E-state index contributed by atoms with van der Waals surface area (Å²) in [6.45, 7) is 3.20. The second kappa shape index (κ2) is 8.57. The molecule has 1 aliphatic rings. The fraction of sp³-hybridized carbons (Fsp3) is 0.391. The standard InChI is InChI=1S/C23H27N3O2/c1-17(22-24-25-23(28-22)19-9-5-3-6-10-19)26-16-8-4-7-11-21(26)18-12-14-20(27-2)15-13-18/h3,5-6,9-10,12-15,17,21H,4,7-8,11,16H2,1-2H3. The van der Waals surface area contributed by atoms with Crippen molar-refractivity contribution in [1.82, 2.24) is 15.1 Å². The van der Waals surface area contributed by atoms with E-state index in [4.69, 9.17) is 9.15 Å². The summed E-state index contributed by atoms with van der Waals surface area (Å²) in [5.41, 5.74) is 2.27. The summed E-state index contributed by atoms with van der Waals surface area (Å²) in [5.74, 6) is 2.15. The molecule has 0 spiro atoms. The Morgan fingerprint density at radius 1 is 1.00 bits per heavy atom. The molecule has 0 saturated carbocycles. The van der Waals surface area contributed by atoms with E-state index in [1.807, 2.05) is 42.5 Å². The van der Waals surface area contributed by atoms with Gasteiger partial charge in [0.05, 0.1) is 13.2 Å². The van der Waals surface area contributed by atoms with Crippen molar-refractivity contribution in [3.8, 4) is 17.2 Å². The van der Waals surface area contributed by atoms with Gasteiger partial charge in [0.15, 0.2) is 0 Å². The second-order valence-electron chi connectivity index (χ2n) is 7.36. The molecule has 1 aromatic heterocycles. The van der Waals surface area contributed by atoms with Crippen LogP contribution >= 0.6 is 0 Å². The minimum absolute atomic E-state index is 0.0650. The number of hydrogen-bond acceptors (Lipinski definition) is 5. The van der Waals surface area contributed by atoms with Gasteiger partial charge in [0.2, 0.25) is 11.8 Å². The summed E-state index contributed by atoms with van der Waals surface area (Å²) in [7, 11) is 1.70. The highest BCUT2D eigenvalue weighted by Crippen LogP contribution is 2.37. The first-order chi connectivity index (χ1) is 13.8. The van der Waals surface area contributed by atoms with Crippen LogP contribution in [-0.2, 0) is 0 Å². The van der Waals surface area contributed by atoms with Crippen molar-refractivity contribution in [2.45, 2.75) is 44.7 Å². The molecule has 1 saturated heterocycles. The molecule has 1 fully saturated rings. The summed E-state index contributed by atoms with van der Waals surface area (Å²) < 4.78 is 11.4. The molecule has 0 aliphatic carbocycles. The lowest BCUT2D eigenvalue weighted by atomic mass is 9.99. The van der Waals surface area contributed by atoms with Crippen molar-refractivity contribution in [2.75, 3.05) is 13.7 Å². The quantitative estimate of drug-likeness (QED) is 0.594. The highest BCUT2D eigenvalue weighted by molar-refractivity contribution is 5.51. The maximum Gasteiger partial charge on any atom is 0.247 e. The number of likely N-dealkylation sites (tertiary alicyclic amines) is 1. The molecule has 1 aliphatic heterocycles. The van der Waals surface area contributed by atoms with Crippen LogP contribution in [0.2, 0.25) is 0 Å². The Bertz CT molecular complexity index is 876. The number of ether oxygens (including phenoxy) is 1. The van der Waals surface area contributed by atoms with Crippen LogP contribution in [0.15, 0.2) is 59.0 Å². The number of hydrogen-bond donors (Lipinski definition) is 0. The first kappa shape index (κ1) is 18.7. The number of rotatable bonds is 5. The minimum Gasteiger partial charge on any atom is -0.497 e. The maximum absolute atomic E-state index is 6.06. The average Bonchev–Trinajstić information content (AvgIpc) is 3.12. The molecule has 4 rings (SSSR count). The van der Waals surface area contributed by atoms with E-state index >= 15 is 0 Å². The van der Waals surface area contributed by atoms with Gasteiger partial charge in [0.25, 0.3) is 0 Å². The van der Waals surface area contributed by atoms with E-state index in [0.717, 1.165) is 24.3 Å². The Morgan fingerprint density at radius 2 is 1.79 bits per heavy atom. The highest BCUT2D eigenvalue weighted by atomic mass is 16.5. The Kier molecular flexibility index (Phi) is 5.72. The fourth-order valence-electron chi connectivity index (χ4n) is 4.02. The Labute approximate surface area is 166 Å². The lowest BCUT2D eigenvalue weighted by Gasteiger charge is -2.33. The minimum atomic E-state index is 0.0650. The lowest BCUT2D eigenvalue weighted by molar-refractivity contribution is 0.127. The second-order valence-corrected chi connectivity index (χ2v) is 7.36. The van der Waals surface area contributed by atoms with Gasteiger partial charge in [0.1, 0.15) is 5.75 Å². The van der Waals surface area contributed by atoms with E-state index in [1.54, 1.807) is 7.11 Å². The number of aromatic nitrogens is 2. The van der Waals surface area contributed by atoms with Gasteiger partial charge in [-0.25, -0.2) is 0 Å². The SMILES string of the molecule is COc1ccc(C2CCCCCN2C(C)c2nnc(-c3ccccc3)o2)cc1. The molecule has 146 valence electrons. The molecule has 2 unspecified atom stereocenters. The molecule has 28 heavy (non-hydrogen) atoms. The zero-order valence-electron chi connectivity index (χ0n) is 16.5. The summed E-state index contributed by atoms with van der Waals surface area (Å²) in [6.07, 6.45) is 4.82. The van der Waals surface area contributed by atoms with Gasteiger partial charge in [-0.3, -0.25) is 4.90 Å². The van der Waals surface area contributed by atoms with Gasteiger partial charge in [0, 0.05) is 11.6 Å². The Hall–Kier alpha value is -2.66. The summed E-state index contributed by atoms with van der Waals surface area (Å²) in [6, 6.07) is 18.8. The third kappa shape index (κ3) is 3.94. The lowest BCUT2D eigenvalue weighted by Crippen LogP contribution is -2.31. The number of benzene rings is 2. The van der Waals surface area contributed by atoms with Crippen LogP contribution in [0.3, 0.4) is 0 Å².